The normalized spacial score (nSPS) is 20.9. The summed E-state index contributed by atoms with van der Waals surface area (Å²) in [5, 5.41) is 0. The highest BCUT2D eigenvalue weighted by Crippen LogP contribution is 2.20. The summed E-state index contributed by atoms with van der Waals surface area (Å²) in [6.07, 6.45) is 4.94. The largest absolute Gasteiger partial charge is 0.293 e. The Morgan fingerprint density at radius 3 is 2.72 bits per heavy atom. The fraction of sp³-hybridized carbons (Fsp3) is 0.533. The smallest absolute Gasteiger partial charge is 0.176 e. The molecular formula is C15H20INO. The molecule has 1 aromatic carbocycles. The number of piperidine rings is 1. The van der Waals surface area contributed by atoms with Crippen LogP contribution in [0.4, 0.5) is 0 Å². The first kappa shape index (κ1) is 14.0. The van der Waals surface area contributed by atoms with E-state index in [0.717, 1.165) is 18.5 Å². The molecule has 1 fully saturated rings. The third-order valence-electron chi connectivity index (χ3n) is 3.73. The van der Waals surface area contributed by atoms with Gasteiger partial charge in [0.15, 0.2) is 5.78 Å². The second-order valence-corrected chi connectivity index (χ2v) is 6.20. The van der Waals surface area contributed by atoms with Crippen LogP contribution in [0.25, 0.3) is 0 Å². The number of carbonyl (C=O) groups is 1. The van der Waals surface area contributed by atoms with Crippen molar-refractivity contribution in [1.82, 2.24) is 4.90 Å². The molecule has 1 saturated heterocycles. The van der Waals surface area contributed by atoms with Gasteiger partial charge in [0.1, 0.15) is 0 Å². The molecular weight excluding hydrogens is 337 g/mol. The molecule has 0 spiro atoms. The third kappa shape index (κ3) is 3.54. The number of carbonyl (C=O) groups excluding carboxylic acids is 1. The minimum atomic E-state index is 0.256. The van der Waals surface area contributed by atoms with E-state index in [2.05, 4.69) is 34.4 Å². The fourth-order valence-corrected chi connectivity index (χ4v) is 3.00. The SMILES string of the molecule is CCC1CCCCN1CC(=O)c1ccc(I)cc1. The predicted molar refractivity (Wildman–Crippen MR) is 83.0 cm³/mol. The molecule has 2 nitrogen and oxygen atoms in total. The van der Waals surface area contributed by atoms with Gasteiger partial charge in [0.05, 0.1) is 6.54 Å². The molecule has 1 aliphatic rings. The van der Waals surface area contributed by atoms with Crippen molar-refractivity contribution in [2.24, 2.45) is 0 Å². The minimum absolute atomic E-state index is 0.256. The summed E-state index contributed by atoms with van der Waals surface area (Å²) in [4.78, 5) is 14.6. The molecule has 0 aromatic heterocycles. The van der Waals surface area contributed by atoms with Crippen molar-refractivity contribution >= 4 is 28.4 Å². The van der Waals surface area contributed by atoms with Gasteiger partial charge in [0, 0.05) is 15.2 Å². The Morgan fingerprint density at radius 2 is 2.06 bits per heavy atom. The van der Waals surface area contributed by atoms with Gasteiger partial charge in [-0.2, -0.15) is 0 Å². The van der Waals surface area contributed by atoms with E-state index in [9.17, 15) is 4.79 Å². The van der Waals surface area contributed by atoms with Gasteiger partial charge in [0.2, 0.25) is 0 Å². The Balaban J connectivity index is 1.99. The van der Waals surface area contributed by atoms with Crippen molar-refractivity contribution in [3.8, 4) is 0 Å². The maximum absolute atomic E-state index is 12.2. The van der Waals surface area contributed by atoms with E-state index in [-0.39, 0.29) is 5.78 Å². The van der Waals surface area contributed by atoms with Gasteiger partial charge < -0.3 is 0 Å². The van der Waals surface area contributed by atoms with Crippen LogP contribution >= 0.6 is 22.6 Å². The highest BCUT2D eigenvalue weighted by Gasteiger charge is 2.22. The topological polar surface area (TPSA) is 20.3 Å². The molecule has 1 heterocycles. The summed E-state index contributed by atoms with van der Waals surface area (Å²) in [5.41, 5.74) is 0.843. The first-order chi connectivity index (χ1) is 8.70. The van der Waals surface area contributed by atoms with Gasteiger partial charge in [-0.05, 0) is 60.5 Å². The second kappa shape index (κ2) is 6.66. The Bertz CT molecular complexity index is 401. The van der Waals surface area contributed by atoms with E-state index >= 15 is 0 Å². The summed E-state index contributed by atoms with van der Waals surface area (Å²) < 4.78 is 1.17. The number of nitrogens with zero attached hydrogens (tertiary/aromatic N) is 1. The molecule has 1 atom stereocenters. The van der Waals surface area contributed by atoms with Crippen molar-refractivity contribution in [1.29, 1.82) is 0 Å². The van der Waals surface area contributed by atoms with Crippen LogP contribution in [0.1, 0.15) is 43.0 Å². The molecule has 1 unspecified atom stereocenters. The molecule has 0 bridgehead atoms. The van der Waals surface area contributed by atoms with Gasteiger partial charge in [0.25, 0.3) is 0 Å². The maximum atomic E-state index is 12.2. The zero-order chi connectivity index (χ0) is 13.0. The number of rotatable bonds is 4. The van der Waals surface area contributed by atoms with E-state index in [1.807, 2.05) is 24.3 Å². The molecule has 18 heavy (non-hydrogen) atoms. The average molecular weight is 357 g/mol. The molecule has 1 aliphatic heterocycles. The van der Waals surface area contributed by atoms with Gasteiger partial charge in [-0.3, -0.25) is 9.69 Å². The fourth-order valence-electron chi connectivity index (χ4n) is 2.64. The Morgan fingerprint density at radius 1 is 1.33 bits per heavy atom. The molecule has 1 aromatic rings. The van der Waals surface area contributed by atoms with Crippen LogP contribution < -0.4 is 0 Å². The molecule has 98 valence electrons. The molecule has 0 saturated carbocycles. The van der Waals surface area contributed by atoms with Crippen LogP contribution in [0.2, 0.25) is 0 Å². The van der Waals surface area contributed by atoms with Gasteiger partial charge in [-0.1, -0.05) is 25.5 Å². The number of ketones is 1. The zero-order valence-corrected chi connectivity index (χ0v) is 13.0. The van der Waals surface area contributed by atoms with Crippen LogP contribution in [0, 0.1) is 3.57 Å². The van der Waals surface area contributed by atoms with Crippen molar-refractivity contribution < 1.29 is 4.79 Å². The first-order valence-corrected chi connectivity index (χ1v) is 7.81. The average Bonchev–Trinajstić information content (AvgIpc) is 2.40. The zero-order valence-electron chi connectivity index (χ0n) is 10.9. The van der Waals surface area contributed by atoms with Crippen molar-refractivity contribution in [2.45, 2.75) is 38.6 Å². The van der Waals surface area contributed by atoms with Crippen LogP contribution in [0.3, 0.4) is 0 Å². The Kier molecular flexibility index (Phi) is 5.18. The summed E-state index contributed by atoms with van der Waals surface area (Å²) in [6, 6.07) is 8.48. The van der Waals surface area contributed by atoms with Crippen LogP contribution in [-0.2, 0) is 0 Å². The lowest BCUT2D eigenvalue weighted by Gasteiger charge is -2.34. The quantitative estimate of drug-likeness (QED) is 0.605. The number of likely N-dealkylation sites (tertiary alicyclic amines) is 1. The Labute approximate surface area is 123 Å². The molecule has 2 rings (SSSR count). The third-order valence-corrected chi connectivity index (χ3v) is 4.45. The number of hydrogen-bond donors (Lipinski definition) is 0. The van der Waals surface area contributed by atoms with Crippen LogP contribution in [0.5, 0.6) is 0 Å². The summed E-state index contributed by atoms with van der Waals surface area (Å²) in [5.74, 6) is 0.256. The van der Waals surface area contributed by atoms with Crippen LogP contribution in [-0.4, -0.2) is 29.8 Å². The summed E-state index contributed by atoms with van der Waals surface area (Å²) >= 11 is 2.26. The van der Waals surface area contributed by atoms with E-state index < -0.39 is 0 Å². The molecule has 0 radical (unpaired) electrons. The second-order valence-electron chi connectivity index (χ2n) is 4.96. The predicted octanol–water partition coefficient (Wildman–Crippen LogP) is 3.74. The highest BCUT2D eigenvalue weighted by molar-refractivity contribution is 14.1. The first-order valence-electron chi connectivity index (χ1n) is 6.73. The van der Waals surface area contributed by atoms with Crippen LogP contribution in [0.15, 0.2) is 24.3 Å². The van der Waals surface area contributed by atoms with Crippen molar-refractivity contribution in [3.05, 3.63) is 33.4 Å². The molecule has 3 heteroatoms. The lowest BCUT2D eigenvalue weighted by molar-refractivity contribution is 0.0838. The highest BCUT2D eigenvalue weighted by atomic mass is 127. The molecule has 0 amide bonds. The molecule has 0 aliphatic carbocycles. The minimum Gasteiger partial charge on any atom is -0.293 e. The van der Waals surface area contributed by atoms with E-state index in [1.165, 1.54) is 22.8 Å². The summed E-state index contributed by atoms with van der Waals surface area (Å²) in [6.45, 7) is 3.88. The summed E-state index contributed by atoms with van der Waals surface area (Å²) in [7, 11) is 0. The Hall–Kier alpha value is -0.420. The van der Waals surface area contributed by atoms with Gasteiger partial charge in [-0.25, -0.2) is 0 Å². The maximum Gasteiger partial charge on any atom is 0.176 e. The van der Waals surface area contributed by atoms with Gasteiger partial charge in [-0.15, -0.1) is 0 Å². The van der Waals surface area contributed by atoms with Crippen molar-refractivity contribution in [2.75, 3.05) is 13.1 Å². The lowest BCUT2D eigenvalue weighted by atomic mass is 9.99. The standard InChI is InChI=1S/C15H20INO/c1-2-14-5-3-4-10-17(14)11-15(18)12-6-8-13(16)9-7-12/h6-9,14H,2-5,10-11H2,1H3. The number of benzene rings is 1. The van der Waals surface area contributed by atoms with Crippen molar-refractivity contribution in [3.63, 3.8) is 0 Å². The van der Waals surface area contributed by atoms with Gasteiger partial charge >= 0.3 is 0 Å². The molecule has 0 N–H and O–H groups in total. The number of halogens is 1. The van der Waals surface area contributed by atoms with E-state index in [1.54, 1.807) is 0 Å². The van der Waals surface area contributed by atoms with E-state index in [0.29, 0.717) is 12.6 Å². The number of Topliss-reactive ketones (excluding diaryl/α,β-unsaturated/α-hetero) is 1. The number of hydrogen-bond acceptors (Lipinski definition) is 2. The van der Waals surface area contributed by atoms with E-state index in [4.69, 9.17) is 0 Å². The monoisotopic (exact) mass is 357 g/mol. The lowest BCUT2D eigenvalue weighted by Crippen LogP contribution is -2.42.